The number of non-ortho nitro benzene ring substituents is 1. The van der Waals surface area contributed by atoms with Gasteiger partial charge in [-0.3, -0.25) is 19.8 Å². The van der Waals surface area contributed by atoms with Crippen molar-refractivity contribution in [2.75, 3.05) is 11.7 Å². The predicted octanol–water partition coefficient (Wildman–Crippen LogP) is 5.33. The first kappa shape index (κ1) is 24.5. The zero-order chi connectivity index (χ0) is 25.9. The minimum absolute atomic E-state index is 0.0110. The van der Waals surface area contributed by atoms with Crippen LogP contribution in [0.4, 0.5) is 20.2 Å². The van der Waals surface area contributed by atoms with Gasteiger partial charge >= 0.3 is 6.61 Å². The van der Waals surface area contributed by atoms with E-state index in [1.807, 2.05) is 0 Å². The maximum atomic E-state index is 13.3. The summed E-state index contributed by atoms with van der Waals surface area (Å²) in [5.74, 6) is 0.561. The molecule has 0 aliphatic carbocycles. The average Bonchev–Trinajstić information content (AvgIpc) is 3.50. The number of furan rings is 1. The fraction of sp³-hybridized carbons (Fsp3) is 0.167. The molecule has 5 rings (SSSR count). The van der Waals surface area contributed by atoms with Crippen molar-refractivity contribution in [2.45, 2.75) is 19.0 Å². The number of rotatable bonds is 7. The van der Waals surface area contributed by atoms with Gasteiger partial charge < -0.3 is 18.6 Å². The topological polar surface area (TPSA) is 117 Å². The lowest BCUT2D eigenvalue weighted by Gasteiger charge is -2.21. The van der Waals surface area contributed by atoms with Crippen LogP contribution in [0, 0.1) is 10.1 Å². The molecule has 13 heteroatoms. The summed E-state index contributed by atoms with van der Waals surface area (Å²) in [5, 5.41) is 11.7. The minimum Gasteiger partial charge on any atom is -0.467 e. The Morgan fingerprint density at radius 1 is 1.24 bits per heavy atom. The molecule has 37 heavy (non-hydrogen) atoms. The summed E-state index contributed by atoms with van der Waals surface area (Å²) in [6, 6.07) is 11.7. The van der Waals surface area contributed by atoms with E-state index in [0.717, 1.165) is 11.8 Å². The van der Waals surface area contributed by atoms with Crippen LogP contribution in [0.15, 0.2) is 69.9 Å². The number of amides is 1. The summed E-state index contributed by atoms with van der Waals surface area (Å²) < 4.78 is 45.6. The van der Waals surface area contributed by atoms with Crippen molar-refractivity contribution in [3.05, 3.63) is 87.5 Å². The molecule has 0 bridgehead atoms. The Labute approximate surface area is 212 Å². The third kappa shape index (κ3) is 5.32. The molecule has 10 nitrogen and oxygen atoms in total. The normalized spacial score (nSPS) is 16.1. The second-order valence-corrected chi connectivity index (χ2v) is 8.64. The Morgan fingerprint density at radius 2 is 2.05 bits per heavy atom. The lowest BCUT2D eigenvalue weighted by Crippen LogP contribution is -2.30. The number of halogens is 2. The molecule has 0 saturated carbocycles. The Balaban J connectivity index is 1.47. The first-order valence-corrected chi connectivity index (χ1v) is 11.7. The highest BCUT2D eigenvalue weighted by atomic mass is 32.2. The largest absolute Gasteiger partial charge is 0.467 e. The van der Waals surface area contributed by atoms with Crippen LogP contribution in [-0.4, -0.2) is 29.4 Å². The van der Waals surface area contributed by atoms with Gasteiger partial charge in [-0.15, -0.1) is 0 Å². The van der Waals surface area contributed by atoms with E-state index in [4.69, 9.17) is 13.9 Å². The zero-order valence-electron chi connectivity index (χ0n) is 18.8. The van der Waals surface area contributed by atoms with Gasteiger partial charge in [-0.25, -0.2) is 4.99 Å². The standard InChI is InChI=1S/C24H17F2N3O7S/c25-23(26)36-18-5-3-16(4-6-18)28-22(30)20(10-19-2-1-7-34-19)27-24(28)37-12-15-9-17(29(31)32)8-14-11-33-13-35-21(14)15/h1-10,23H,11-13H2/b20-10-. The summed E-state index contributed by atoms with van der Waals surface area (Å²) in [7, 11) is 0. The van der Waals surface area contributed by atoms with Crippen molar-refractivity contribution >= 4 is 40.3 Å². The van der Waals surface area contributed by atoms with E-state index in [1.165, 1.54) is 53.6 Å². The molecule has 0 unspecified atom stereocenters. The molecular formula is C24H17F2N3O7S. The Hall–Kier alpha value is -4.23. The molecule has 1 aromatic heterocycles. The number of alkyl halides is 2. The van der Waals surface area contributed by atoms with Crippen LogP contribution < -0.4 is 14.4 Å². The van der Waals surface area contributed by atoms with Crippen molar-refractivity contribution in [2.24, 2.45) is 4.99 Å². The van der Waals surface area contributed by atoms with Gasteiger partial charge in [0.25, 0.3) is 11.6 Å². The van der Waals surface area contributed by atoms with Gasteiger partial charge in [0.15, 0.2) is 12.0 Å². The van der Waals surface area contributed by atoms with Crippen molar-refractivity contribution in [1.82, 2.24) is 0 Å². The van der Waals surface area contributed by atoms with Crippen LogP contribution in [0.3, 0.4) is 0 Å². The second kappa shape index (κ2) is 10.4. The summed E-state index contributed by atoms with van der Waals surface area (Å²) in [6.07, 6.45) is 2.94. The molecule has 1 amide bonds. The highest BCUT2D eigenvalue weighted by Gasteiger charge is 2.33. The number of thioether (sulfide) groups is 1. The Kier molecular flexibility index (Phi) is 6.88. The number of nitro benzene ring substituents is 1. The third-order valence-electron chi connectivity index (χ3n) is 5.31. The SMILES string of the molecule is O=C1/C(=C/c2ccco2)N=C(SCc2cc([N+](=O)[O-])cc3c2OCOC3)N1c1ccc(OC(F)F)cc1. The number of carbonyl (C=O) groups is 1. The number of carbonyl (C=O) groups excluding carboxylic acids is 1. The van der Waals surface area contributed by atoms with Crippen molar-refractivity contribution in [3.8, 4) is 11.5 Å². The lowest BCUT2D eigenvalue weighted by atomic mass is 10.1. The second-order valence-electron chi connectivity index (χ2n) is 7.70. The third-order valence-corrected chi connectivity index (χ3v) is 6.30. The highest BCUT2D eigenvalue weighted by molar-refractivity contribution is 8.13. The van der Waals surface area contributed by atoms with Gasteiger partial charge in [-0.1, -0.05) is 11.8 Å². The quantitative estimate of drug-likeness (QED) is 0.229. The van der Waals surface area contributed by atoms with Gasteiger partial charge in [0.2, 0.25) is 0 Å². The van der Waals surface area contributed by atoms with Gasteiger partial charge in [0, 0.05) is 35.1 Å². The maximum Gasteiger partial charge on any atom is 0.387 e. The Bertz CT molecular complexity index is 1390. The van der Waals surface area contributed by atoms with Crippen LogP contribution in [0.25, 0.3) is 6.08 Å². The lowest BCUT2D eigenvalue weighted by molar-refractivity contribution is -0.385. The molecule has 0 radical (unpaired) electrons. The number of amidine groups is 1. The molecule has 0 spiro atoms. The molecule has 3 heterocycles. The first-order chi connectivity index (χ1) is 17.9. The van der Waals surface area contributed by atoms with Crippen LogP contribution in [0.1, 0.15) is 16.9 Å². The van der Waals surface area contributed by atoms with E-state index in [-0.39, 0.29) is 41.5 Å². The van der Waals surface area contributed by atoms with Gasteiger partial charge in [-0.2, -0.15) is 8.78 Å². The van der Waals surface area contributed by atoms with E-state index >= 15 is 0 Å². The number of hydrogen-bond acceptors (Lipinski definition) is 9. The summed E-state index contributed by atoms with van der Waals surface area (Å²) >= 11 is 1.16. The van der Waals surface area contributed by atoms with Crippen LogP contribution in [0.2, 0.25) is 0 Å². The molecule has 0 saturated heterocycles. The molecular weight excluding hydrogens is 512 g/mol. The van der Waals surface area contributed by atoms with Gasteiger partial charge in [0.05, 0.1) is 23.5 Å². The number of fused-ring (bicyclic) bond motifs is 1. The monoisotopic (exact) mass is 529 g/mol. The molecule has 3 aromatic rings. The van der Waals surface area contributed by atoms with Crippen LogP contribution in [-0.2, 0) is 21.9 Å². The molecule has 2 aliphatic rings. The fourth-order valence-electron chi connectivity index (χ4n) is 3.74. The van der Waals surface area contributed by atoms with E-state index in [0.29, 0.717) is 28.3 Å². The van der Waals surface area contributed by atoms with Gasteiger partial charge in [-0.05, 0) is 36.4 Å². The summed E-state index contributed by atoms with van der Waals surface area (Å²) in [5.41, 5.74) is 1.43. The predicted molar refractivity (Wildman–Crippen MR) is 129 cm³/mol. The number of nitro groups is 1. The number of ether oxygens (including phenoxy) is 3. The van der Waals surface area contributed by atoms with E-state index in [9.17, 15) is 23.7 Å². The number of aliphatic imine (C=N–C) groups is 1. The van der Waals surface area contributed by atoms with Crippen molar-refractivity contribution < 1.29 is 37.1 Å². The van der Waals surface area contributed by atoms with E-state index in [2.05, 4.69) is 9.73 Å². The average molecular weight is 529 g/mol. The number of benzene rings is 2. The molecule has 190 valence electrons. The summed E-state index contributed by atoms with van der Waals surface area (Å²) in [4.78, 5) is 30.0. The van der Waals surface area contributed by atoms with E-state index in [1.54, 1.807) is 12.1 Å². The highest BCUT2D eigenvalue weighted by Crippen LogP contribution is 2.37. The summed E-state index contributed by atoms with van der Waals surface area (Å²) in [6.45, 7) is -2.80. The van der Waals surface area contributed by atoms with Gasteiger partial charge in [0.1, 0.15) is 23.0 Å². The van der Waals surface area contributed by atoms with Crippen LogP contribution >= 0.6 is 11.8 Å². The number of anilines is 1. The molecule has 2 aliphatic heterocycles. The number of nitrogens with zero attached hydrogens (tertiary/aromatic N) is 3. The van der Waals surface area contributed by atoms with Crippen LogP contribution in [0.5, 0.6) is 11.5 Å². The smallest absolute Gasteiger partial charge is 0.387 e. The minimum atomic E-state index is -2.98. The number of hydrogen-bond donors (Lipinski definition) is 0. The van der Waals surface area contributed by atoms with Crippen molar-refractivity contribution in [3.63, 3.8) is 0 Å². The molecule has 2 aromatic carbocycles. The first-order valence-electron chi connectivity index (χ1n) is 10.8. The maximum absolute atomic E-state index is 13.3. The molecule has 0 N–H and O–H groups in total. The van der Waals surface area contributed by atoms with E-state index < -0.39 is 17.4 Å². The molecule has 0 atom stereocenters. The zero-order valence-corrected chi connectivity index (χ0v) is 19.7. The fourth-order valence-corrected chi connectivity index (χ4v) is 4.72. The Morgan fingerprint density at radius 3 is 2.76 bits per heavy atom. The molecule has 0 fully saturated rings. The van der Waals surface area contributed by atoms with Crippen molar-refractivity contribution in [1.29, 1.82) is 0 Å².